The number of rotatable bonds is 5. The molecule has 4 aromatic rings. The molecule has 176 valence electrons. The fraction of sp³-hybridized carbons (Fsp3) is 0.0769. The predicted octanol–water partition coefficient (Wildman–Crippen LogP) is 4.15. The Balaban J connectivity index is 1.90. The summed E-state index contributed by atoms with van der Waals surface area (Å²) in [5.41, 5.74) is 4.28. The first-order valence-corrected chi connectivity index (χ1v) is 11.1. The first-order valence-electron chi connectivity index (χ1n) is 10.7. The summed E-state index contributed by atoms with van der Waals surface area (Å²) in [5.74, 6) is -1.30. The quantitative estimate of drug-likeness (QED) is 0.223. The molecular weight excluding hydrogens is 464 g/mol. The van der Waals surface area contributed by atoms with E-state index in [0.29, 0.717) is 11.4 Å². The van der Waals surface area contributed by atoms with Crippen LogP contribution in [0.4, 0.5) is 0 Å². The maximum atomic E-state index is 13.5. The van der Waals surface area contributed by atoms with E-state index in [1.54, 1.807) is 36.4 Å². The SMILES string of the molecule is Cc1ccccc1-n1c(O)c(/C=N/NC(=O)c2ccccc2O)c(=O)n(-c2ccccc2C)c1=S. The number of aromatic hydroxyl groups is 2. The molecule has 1 heterocycles. The van der Waals surface area contributed by atoms with Crippen LogP contribution in [0.2, 0.25) is 0 Å². The third-order valence-corrected chi connectivity index (χ3v) is 5.86. The van der Waals surface area contributed by atoms with Gasteiger partial charge in [0, 0.05) is 0 Å². The molecule has 0 aliphatic rings. The molecule has 1 amide bonds. The normalized spacial score (nSPS) is 11.0. The van der Waals surface area contributed by atoms with Crippen molar-refractivity contribution in [3.05, 3.63) is 110 Å². The average Bonchev–Trinajstić information content (AvgIpc) is 2.84. The van der Waals surface area contributed by atoms with E-state index in [1.165, 1.54) is 21.3 Å². The van der Waals surface area contributed by atoms with E-state index >= 15 is 0 Å². The Morgan fingerprint density at radius 3 is 2.03 bits per heavy atom. The van der Waals surface area contributed by atoms with Crippen molar-refractivity contribution in [3.63, 3.8) is 0 Å². The van der Waals surface area contributed by atoms with Crippen molar-refractivity contribution in [2.45, 2.75) is 13.8 Å². The van der Waals surface area contributed by atoms with E-state index in [-0.39, 0.29) is 21.6 Å². The van der Waals surface area contributed by atoms with Crippen LogP contribution < -0.4 is 11.0 Å². The van der Waals surface area contributed by atoms with Crippen LogP contribution in [-0.4, -0.2) is 31.5 Å². The standard InChI is InChI=1S/C26H22N4O4S/c1-16-9-3-6-12-20(16)29-24(33)19(15-27-28-23(32)18-11-5-8-14-22(18)31)25(34)30(26(29)35)21-13-7-4-10-17(21)2/h3-15,31,33H,1-2H3,(H,28,32)/b27-15+. The minimum absolute atomic E-state index is 0.0158. The second kappa shape index (κ2) is 9.78. The first kappa shape index (κ1) is 23.7. The molecule has 0 spiro atoms. The van der Waals surface area contributed by atoms with Gasteiger partial charge < -0.3 is 10.2 Å². The van der Waals surface area contributed by atoms with E-state index in [1.807, 2.05) is 38.1 Å². The maximum absolute atomic E-state index is 13.5. The van der Waals surface area contributed by atoms with Gasteiger partial charge in [0.2, 0.25) is 5.88 Å². The molecule has 3 aromatic carbocycles. The Kier molecular flexibility index (Phi) is 6.61. The van der Waals surface area contributed by atoms with Gasteiger partial charge in [-0.25, -0.2) is 5.43 Å². The monoisotopic (exact) mass is 486 g/mol. The summed E-state index contributed by atoms with van der Waals surface area (Å²) < 4.78 is 2.79. The third-order valence-electron chi connectivity index (χ3n) is 5.49. The van der Waals surface area contributed by atoms with Crippen LogP contribution in [0.3, 0.4) is 0 Å². The van der Waals surface area contributed by atoms with Gasteiger partial charge in [0.1, 0.15) is 11.3 Å². The van der Waals surface area contributed by atoms with Crippen LogP contribution in [0.1, 0.15) is 27.0 Å². The number of benzene rings is 3. The zero-order chi connectivity index (χ0) is 25.1. The zero-order valence-electron chi connectivity index (χ0n) is 19.0. The molecule has 0 unspecified atom stereocenters. The number of amides is 1. The summed E-state index contributed by atoms with van der Waals surface area (Å²) in [6.45, 7) is 3.71. The number of carbonyl (C=O) groups is 1. The number of phenols is 1. The molecular formula is C26H22N4O4S. The van der Waals surface area contributed by atoms with Crippen molar-refractivity contribution in [2.24, 2.45) is 5.10 Å². The average molecular weight is 487 g/mol. The van der Waals surface area contributed by atoms with Crippen molar-refractivity contribution in [3.8, 4) is 23.0 Å². The lowest BCUT2D eigenvalue weighted by Crippen LogP contribution is -2.28. The molecule has 35 heavy (non-hydrogen) atoms. The number of aryl methyl sites for hydroxylation is 2. The Labute approximate surface area is 206 Å². The largest absolute Gasteiger partial charge is 0.507 e. The van der Waals surface area contributed by atoms with E-state index in [9.17, 15) is 19.8 Å². The number of carbonyl (C=O) groups excluding carboxylic acids is 1. The molecule has 4 rings (SSSR count). The van der Waals surface area contributed by atoms with Gasteiger partial charge >= 0.3 is 0 Å². The topological polar surface area (TPSA) is 109 Å². The summed E-state index contributed by atoms with van der Waals surface area (Å²) in [5, 5.41) is 24.9. The molecule has 0 atom stereocenters. The highest BCUT2D eigenvalue weighted by atomic mass is 32.1. The minimum atomic E-state index is -0.676. The third kappa shape index (κ3) is 4.49. The molecule has 0 saturated carbocycles. The van der Waals surface area contributed by atoms with Gasteiger partial charge in [-0.15, -0.1) is 0 Å². The van der Waals surface area contributed by atoms with E-state index in [0.717, 1.165) is 17.3 Å². The lowest BCUT2D eigenvalue weighted by Gasteiger charge is -2.18. The van der Waals surface area contributed by atoms with Gasteiger partial charge in [0.25, 0.3) is 11.5 Å². The molecule has 0 aliphatic heterocycles. The second-order valence-corrected chi connectivity index (χ2v) is 8.15. The number of para-hydroxylation sites is 3. The van der Waals surface area contributed by atoms with Crippen molar-refractivity contribution < 1.29 is 15.0 Å². The number of phenolic OH excluding ortho intramolecular Hbond substituents is 1. The van der Waals surface area contributed by atoms with Crippen LogP contribution in [0.5, 0.6) is 11.6 Å². The predicted molar refractivity (Wildman–Crippen MR) is 137 cm³/mol. The number of hydrogen-bond acceptors (Lipinski definition) is 6. The van der Waals surface area contributed by atoms with Crippen molar-refractivity contribution in [2.75, 3.05) is 0 Å². The Hall–Kier alpha value is -4.50. The lowest BCUT2D eigenvalue weighted by molar-refractivity contribution is 0.0952. The van der Waals surface area contributed by atoms with E-state index in [4.69, 9.17) is 12.2 Å². The van der Waals surface area contributed by atoms with Gasteiger partial charge in [0.05, 0.1) is 23.2 Å². The second-order valence-electron chi connectivity index (χ2n) is 7.79. The highest BCUT2D eigenvalue weighted by Crippen LogP contribution is 2.24. The van der Waals surface area contributed by atoms with Gasteiger partial charge in [0.15, 0.2) is 4.77 Å². The van der Waals surface area contributed by atoms with Crippen LogP contribution in [0, 0.1) is 18.6 Å². The fourth-order valence-electron chi connectivity index (χ4n) is 3.67. The molecule has 0 radical (unpaired) electrons. The fourth-order valence-corrected chi connectivity index (χ4v) is 4.03. The first-order chi connectivity index (χ1) is 16.8. The summed E-state index contributed by atoms with van der Waals surface area (Å²) >= 11 is 5.67. The van der Waals surface area contributed by atoms with E-state index < -0.39 is 17.3 Å². The molecule has 8 nitrogen and oxygen atoms in total. The number of nitrogens with one attached hydrogen (secondary N) is 1. The summed E-state index contributed by atoms with van der Waals surface area (Å²) in [7, 11) is 0. The van der Waals surface area contributed by atoms with Crippen LogP contribution >= 0.6 is 12.2 Å². The zero-order valence-corrected chi connectivity index (χ0v) is 19.8. The Morgan fingerprint density at radius 2 is 1.43 bits per heavy atom. The van der Waals surface area contributed by atoms with Gasteiger partial charge in [-0.2, -0.15) is 5.10 Å². The number of hydrogen-bond donors (Lipinski definition) is 3. The van der Waals surface area contributed by atoms with Crippen LogP contribution in [0.25, 0.3) is 11.4 Å². The molecule has 3 N–H and O–H groups in total. The Morgan fingerprint density at radius 1 is 0.886 bits per heavy atom. The Bertz CT molecular complexity index is 1590. The van der Waals surface area contributed by atoms with Crippen molar-refractivity contribution >= 4 is 24.3 Å². The van der Waals surface area contributed by atoms with Crippen molar-refractivity contribution in [1.29, 1.82) is 0 Å². The molecule has 0 fully saturated rings. The molecule has 1 aromatic heterocycles. The van der Waals surface area contributed by atoms with Gasteiger partial charge in [-0.05, 0) is 61.5 Å². The van der Waals surface area contributed by atoms with E-state index in [2.05, 4.69) is 10.5 Å². The van der Waals surface area contributed by atoms with Gasteiger partial charge in [-0.3, -0.25) is 18.7 Å². The number of aromatic nitrogens is 2. The molecule has 0 bridgehead atoms. The highest BCUT2D eigenvalue weighted by molar-refractivity contribution is 7.71. The smallest absolute Gasteiger partial charge is 0.275 e. The summed E-state index contributed by atoms with van der Waals surface area (Å²) in [6, 6.07) is 20.5. The van der Waals surface area contributed by atoms with Gasteiger partial charge in [-0.1, -0.05) is 48.5 Å². The van der Waals surface area contributed by atoms with Crippen LogP contribution in [-0.2, 0) is 0 Å². The molecule has 0 aliphatic carbocycles. The lowest BCUT2D eigenvalue weighted by atomic mass is 10.2. The van der Waals surface area contributed by atoms with Crippen LogP contribution in [0.15, 0.2) is 82.7 Å². The molecule has 0 saturated heterocycles. The van der Waals surface area contributed by atoms with Crippen molar-refractivity contribution in [1.82, 2.24) is 14.6 Å². The molecule has 9 heteroatoms. The number of hydrazone groups is 1. The highest BCUT2D eigenvalue weighted by Gasteiger charge is 2.20. The maximum Gasteiger partial charge on any atom is 0.275 e. The minimum Gasteiger partial charge on any atom is -0.507 e. The summed E-state index contributed by atoms with van der Waals surface area (Å²) in [6.07, 6.45) is 1.06. The summed E-state index contributed by atoms with van der Waals surface area (Å²) in [4.78, 5) is 25.9. The number of nitrogens with zero attached hydrogens (tertiary/aromatic N) is 3.